The van der Waals surface area contributed by atoms with Crippen LogP contribution in [0.1, 0.15) is 24.8 Å². The first-order chi connectivity index (χ1) is 13.7. The van der Waals surface area contributed by atoms with Crippen molar-refractivity contribution in [3.8, 4) is 5.75 Å². The van der Waals surface area contributed by atoms with Crippen molar-refractivity contribution >= 4 is 11.6 Å². The summed E-state index contributed by atoms with van der Waals surface area (Å²) in [6.07, 6.45) is 1.17. The Morgan fingerprint density at radius 3 is 2.64 bits per heavy atom. The number of hydrogen-bond acceptors (Lipinski definition) is 3. The lowest BCUT2D eigenvalue weighted by Crippen LogP contribution is -2.41. The summed E-state index contributed by atoms with van der Waals surface area (Å²) >= 11 is 0. The lowest BCUT2D eigenvalue weighted by Gasteiger charge is -2.22. The number of benzene rings is 2. The Hall–Kier alpha value is -2.69. The number of guanidine groups is 1. The van der Waals surface area contributed by atoms with E-state index in [0.29, 0.717) is 11.8 Å². The smallest absolute Gasteiger partial charge is 0.191 e. The standard InChI is InChI=1S/C23H32N4O/c1-18(20-9-5-4-6-10-20)15-25-23(24-2)26-16-19-13-14-27(17-19)21-11-7-8-12-22(21)28-3/h4-12,18-19H,13-17H2,1-3H3,(H2,24,25,26). The zero-order chi connectivity index (χ0) is 19.8. The van der Waals surface area contributed by atoms with Gasteiger partial charge in [-0.15, -0.1) is 0 Å². The van der Waals surface area contributed by atoms with Gasteiger partial charge >= 0.3 is 0 Å². The molecule has 2 unspecified atom stereocenters. The number of nitrogens with zero attached hydrogens (tertiary/aromatic N) is 2. The average Bonchev–Trinajstić information content (AvgIpc) is 3.23. The van der Waals surface area contributed by atoms with Crippen LogP contribution in [-0.4, -0.2) is 46.3 Å². The van der Waals surface area contributed by atoms with Crippen molar-refractivity contribution < 1.29 is 4.74 Å². The van der Waals surface area contributed by atoms with Crippen molar-refractivity contribution in [2.45, 2.75) is 19.3 Å². The fourth-order valence-corrected chi connectivity index (χ4v) is 3.72. The van der Waals surface area contributed by atoms with E-state index < -0.39 is 0 Å². The minimum absolute atomic E-state index is 0.437. The van der Waals surface area contributed by atoms with Gasteiger partial charge in [0.25, 0.3) is 0 Å². The summed E-state index contributed by atoms with van der Waals surface area (Å²) in [5.74, 6) is 2.85. The number of aliphatic imine (C=N–C) groups is 1. The molecule has 2 N–H and O–H groups in total. The number of para-hydroxylation sites is 2. The highest BCUT2D eigenvalue weighted by atomic mass is 16.5. The van der Waals surface area contributed by atoms with Gasteiger partial charge in [0.2, 0.25) is 0 Å². The van der Waals surface area contributed by atoms with Crippen molar-refractivity contribution in [1.82, 2.24) is 10.6 Å². The maximum absolute atomic E-state index is 5.51. The van der Waals surface area contributed by atoms with Gasteiger partial charge in [0, 0.05) is 33.2 Å². The second kappa shape index (κ2) is 10.0. The Morgan fingerprint density at radius 1 is 1.14 bits per heavy atom. The molecule has 0 radical (unpaired) electrons. The number of anilines is 1. The Bertz CT molecular complexity index is 762. The summed E-state index contributed by atoms with van der Waals surface area (Å²) in [5, 5.41) is 6.96. The first kappa shape index (κ1) is 20.1. The van der Waals surface area contributed by atoms with Crippen LogP contribution in [0, 0.1) is 5.92 Å². The minimum Gasteiger partial charge on any atom is -0.495 e. The molecular formula is C23H32N4O. The van der Waals surface area contributed by atoms with Gasteiger partial charge in [-0.1, -0.05) is 49.4 Å². The number of methoxy groups -OCH3 is 1. The highest BCUT2D eigenvalue weighted by Crippen LogP contribution is 2.31. The first-order valence-electron chi connectivity index (χ1n) is 10.1. The molecule has 0 saturated carbocycles. The molecule has 3 rings (SSSR count). The van der Waals surface area contributed by atoms with E-state index in [1.807, 2.05) is 19.2 Å². The molecule has 28 heavy (non-hydrogen) atoms. The van der Waals surface area contributed by atoms with Crippen LogP contribution >= 0.6 is 0 Å². The largest absolute Gasteiger partial charge is 0.495 e. The second-order valence-electron chi connectivity index (χ2n) is 7.42. The maximum Gasteiger partial charge on any atom is 0.191 e. The van der Waals surface area contributed by atoms with Crippen molar-refractivity contribution in [2.75, 3.05) is 45.2 Å². The van der Waals surface area contributed by atoms with E-state index in [4.69, 9.17) is 4.74 Å². The van der Waals surface area contributed by atoms with Crippen molar-refractivity contribution in [3.05, 3.63) is 60.2 Å². The van der Waals surface area contributed by atoms with E-state index in [1.54, 1.807) is 7.11 Å². The average molecular weight is 381 g/mol. The molecule has 2 aromatic rings. The molecular weight excluding hydrogens is 348 g/mol. The van der Waals surface area contributed by atoms with Crippen LogP contribution in [0.4, 0.5) is 5.69 Å². The highest BCUT2D eigenvalue weighted by molar-refractivity contribution is 5.79. The summed E-state index contributed by atoms with van der Waals surface area (Å²) in [6.45, 7) is 6.11. The second-order valence-corrected chi connectivity index (χ2v) is 7.42. The van der Waals surface area contributed by atoms with Crippen LogP contribution in [0.25, 0.3) is 0 Å². The van der Waals surface area contributed by atoms with Crippen molar-refractivity contribution in [2.24, 2.45) is 10.9 Å². The number of rotatable bonds is 7. The molecule has 1 aliphatic rings. The molecule has 1 heterocycles. The maximum atomic E-state index is 5.51. The number of nitrogens with one attached hydrogen (secondary N) is 2. The molecule has 0 aliphatic carbocycles. The minimum atomic E-state index is 0.437. The summed E-state index contributed by atoms with van der Waals surface area (Å²) in [6, 6.07) is 18.8. The number of hydrogen-bond donors (Lipinski definition) is 2. The molecule has 5 nitrogen and oxygen atoms in total. The van der Waals surface area contributed by atoms with Gasteiger partial charge in [0.15, 0.2) is 5.96 Å². The Morgan fingerprint density at radius 2 is 1.89 bits per heavy atom. The predicted octanol–water partition coefficient (Wildman–Crippen LogP) is 3.49. The van der Waals surface area contributed by atoms with Crippen LogP contribution in [0.2, 0.25) is 0 Å². The van der Waals surface area contributed by atoms with Gasteiger partial charge in [0.05, 0.1) is 12.8 Å². The first-order valence-corrected chi connectivity index (χ1v) is 10.1. The molecule has 0 aromatic heterocycles. The highest BCUT2D eigenvalue weighted by Gasteiger charge is 2.24. The van der Waals surface area contributed by atoms with E-state index in [0.717, 1.165) is 37.9 Å². The normalized spacial score (nSPS) is 18.0. The van der Waals surface area contributed by atoms with E-state index in [-0.39, 0.29) is 0 Å². The van der Waals surface area contributed by atoms with Gasteiger partial charge in [-0.3, -0.25) is 4.99 Å². The summed E-state index contributed by atoms with van der Waals surface area (Å²) in [5.41, 5.74) is 2.53. The van der Waals surface area contributed by atoms with Crippen LogP contribution in [0.15, 0.2) is 59.6 Å². The van der Waals surface area contributed by atoms with Gasteiger partial charge in [-0.05, 0) is 36.0 Å². The molecule has 1 aliphatic heterocycles. The van der Waals surface area contributed by atoms with Crippen LogP contribution in [0.3, 0.4) is 0 Å². The molecule has 0 amide bonds. The van der Waals surface area contributed by atoms with Crippen molar-refractivity contribution in [3.63, 3.8) is 0 Å². The number of ether oxygens (including phenoxy) is 1. The topological polar surface area (TPSA) is 48.9 Å². The van der Waals surface area contributed by atoms with Crippen LogP contribution in [-0.2, 0) is 0 Å². The predicted molar refractivity (Wildman–Crippen MR) is 118 cm³/mol. The fraction of sp³-hybridized carbons (Fsp3) is 0.435. The summed E-state index contributed by atoms with van der Waals surface area (Å²) in [4.78, 5) is 6.80. The summed E-state index contributed by atoms with van der Waals surface area (Å²) < 4.78 is 5.51. The summed E-state index contributed by atoms with van der Waals surface area (Å²) in [7, 11) is 3.57. The third-order valence-electron chi connectivity index (χ3n) is 5.44. The van der Waals surface area contributed by atoms with Gasteiger partial charge < -0.3 is 20.3 Å². The lowest BCUT2D eigenvalue weighted by atomic mass is 10.0. The molecule has 150 valence electrons. The van der Waals surface area contributed by atoms with E-state index in [2.05, 4.69) is 69.9 Å². The Balaban J connectivity index is 1.45. The van der Waals surface area contributed by atoms with Gasteiger partial charge in [-0.25, -0.2) is 0 Å². The monoisotopic (exact) mass is 380 g/mol. The molecule has 2 aromatic carbocycles. The molecule has 0 bridgehead atoms. The van der Waals surface area contributed by atoms with E-state index >= 15 is 0 Å². The van der Waals surface area contributed by atoms with Gasteiger partial charge in [0.1, 0.15) is 5.75 Å². The van der Waals surface area contributed by atoms with Crippen molar-refractivity contribution in [1.29, 1.82) is 0 Å². The van der Waals surface area contributed by atoms with Crippen LogP contribution in [0.5, 0.6) is 5.75 Å². The zero-order valence-corrected chi connectivity index (χ0v) is 17.2. The Labute approximate surface area is 168 Å². The SMILES string of the molecule is CN=C(NCC1CCN(c2ccccc2OC)C1)NCC(C)c1ccccc1. The van der Waals surface area contributed by atoms with E-state index in [9.17, 15) is 0 Å². The molecule has 0 spiro atoms. The van der Waals surface area contributed by atoms with Gasteiger partial charge in [-0.2, -0.15) is 0 Å². The molecule has 5 heteroatoms. The quantitative estimate of drug-likeness (QED) is 0.570. The zero-order valence-electron chi connectivity index (χ0n) is 17.2. The third kappa shape index (κ3) is 5.18. The third-order valence-corrected chi connectivity index (χ3v) is 5.44. The lowest BCUT2D eigenvalue weighted by molar-refractivity contribution is 0.414. The molecule has 2 atom stereocenters. The van der Waals surface area contributed by atoms with E-state index in [1.165, 1.54) is 17.7 Å². The molecule has 1 fully saturated rings. The molecule has 1 saturated heterocycles. The van der Waals surface area contributed by atoms with Crippen LogP contribution < -0.4 is 20.3 Å². The Kier molecular flexibility index (Phi) is 7.18. The fourth-order valence-electron chi connectivity index (χ4n) is 3.72.